The van der Waals surface area contributed by atoms with E-state index >= 15 is 0 Å². The van der Waals surface area contributed by atoms with Crippen LogP contribution in [0.5, 0.6) is 0 Å². The van der Waals surface area contributed by atoms with E-state index in [-0.39, 0.29) is 6.54 Å². The van der Waals surface area contributed by atoms with Crippen molar-refractivity contribution in [3.05, 3.63) is 34.9 Å². The van der Waals surface area contributed by atoms with E-state index in [9.17, 15) is 14.4 Å². The number of rotatable bonds is 2. The molecule has 0 bridgehead atoms. The van der Waals surface area contributed by atoms with Crippen LogP contribution in [-0.4, -0.2) is 29.4 Å². The first kappa shape index (κ1) is 11.4. The van der Waals surface area contributed by atoms with Crippen molar-refractivity contribution in [2.75, 3.05) is 6.54 Å². The van der Waals surface area contributed by atoms with Gasteiger partial charge < -0.3 is 0 Å². The summed E-state index contributed by atoms with van der Waals surface area (Å²) in [6, 6.07) is 5.62. The van der Waals surface area contributed by atoms with E-state index in [4.69, 9.17) is 11.6 Å². The molecule has 0 saturated carbocycles. The lowest BCUT2D eigenvalue weighted by molar-refractivity contribution is -0.118. The van der Waals surface area contributed by atoms with Crippen molar-refractivity contribution < 1.29 is 14.4 Å². The van der Waals surface area contributed by atoms with Crippen molar-refractivity contribution >= 4 is 29.4 Å². The standard InChI is InChI=1S/C10H8ClN3O3/c11-7-3-1-2-6(4-7)9(16)13-14-5-8(15)12-10(14)17/h1-4H,5H2,(H,13,16)(H,12,15,17). The van der Waals surface area contributed by atoms with E-state index < -0.39 is 17.8 Å². The number of halogens is 1. The summed E-state index contributed by atoms with van der Waals surface area (Å²) in [5, 5.41) is 3.37. The number of hydrogen-bond acceptors (Lipinski definition) is 3. The van der Waals surface area contributed by atoms with Crippen LogP contribution in [0.1, 0.15) is 10.4 Å². The Balaban J connectivity index is 2.07. The first-order chi connectivity index (χ1) is 8.06. The highest BCUT2D eigenvalue weighted by Gasteiger charge is 2.28. The van der Waals surface area contributed by atoms with Gasteiger partial charge in [0.05, 0.1) is 0 Å². The highest BCUT2D eigenvalue weighted by molar-refractivity contribution is 6.31. The smallest absolute Gasteiger partial charge is 0.275 e. The van der Waals surface area contributed by atoms with Crippen molar-refractivity contribution in [1.82, 2.24) is 15.8 Å². The minimum Gasteiger partial charge on any atom is -0.275 e. The molecular weight excluding hydrogens is 246 g/mol. The Hall–Kier alpha value is -2.08. The SMILES string of the molecule is O=C1CN(NC(=O)c2cccc(Cl)c2)C(=O)N1. The number of carbonyl (C=O) groups excluding carboxylic acids is 3. The van der Waals surface area contributed by atoms with Gasteiger partial charge in [0.25, 0.3) is 5.91 Å². The molecule has 1 heterocycles. The highest BCUT2D eigenvalue weighted by atomic mass is 35.5. The third kappa shape index (κ3) is 2.54. The Morgan fingerprint density at radius 1 is 1.41 bits per heavy atom. The maximum Gasteiger partial charge on any atom is 0.343 e. The van der Waals surface area contributed by atoms with Gasteiger partial charge in [0.15, 0.2) is 0 Å². The summed E-state index contributed by atoms with van der Waals surface area (Å²) in [6.07, 6.45) is 0. The number of nitrogens with zero attached hydrogens (tertiary/aromatic N) is 1. The lowest BCUT2D eigenvalue weighted by Gasteiger charge is -2.14. The Morgan fingerprint density at radius 2 is 2.18 bits per heavy atom. The highest BCUT2D eigenvalue weighted by Crippen LogP contribution is 2.10. The summed E-state index contributed by atoms with van der Waals surface area (Å²) in [4.78, 5) is 33.8. The predicted octanol–water partition coefficient (Wildman–Crippen LogP) is 0.537. The molecule has 4 amide bonds. The molecule has 17 heavy (non-hydrogen) atoms. The third-order valence-electron chi connectivity index (χ3n) is 2.12. The second-order valence-electron chi connectivity index (χ2n) is 3.39. The molecule has 0 aromatic heterocycles. The zero-order valence-corrected chi connectivity index (χ0v) is 9.32. The van der Waals surface area contributed by atoms with E-state index in [1.807, 2.05) is 5.32 Å². The molecule has 2 rings (SSSR count). The van der Waals surface area contributed by atoms with Gasteiger partial charge >= 0.3 is 6.03 Å². The Morgan fingerprint density at radius 3 is 2.76 bits per heavy atom. The topological polar surface area (TPSA) is 78.5 Å². The number of benzene rings is 1. The van der Waals surface area contributed by atoms with E-state index in [1.54, 1.807) is 18.2 Å². The molecule has 0 unspecified atom stereocenters. The molecule has 7 heteroatoms. The second kappa shape index (κ2) is 4.42. The first-order valence-corrected chi connectivity index (χ1v) is 5.12. The van der Waals surface area contributed by atoms with Crippen molar-refractivity contribution in [1.29, 1.82) is 0 Å². The number of carbonyl (C=O) groups is 3. The molecule has 0 atom stereocenters. The van der Waals surface area contributed by atoms with Crippen LogP contribution in [0.4, 0.5) is 4.79 Å². The van der Waals surface area contributed by atoms with E-state index in [0.29, 0.717) is 10.6 Å². The minimum absolute atomic E-state index is 0.189. The number of hydrazine groups is 1. The van der Waals surface area contributed by atoms with Crippen molar-refractivity contribution in [2.45, 2.75) is 0 Å². The van der Waals surface area contributed by atoms with Crippen LogP contribution in [0.3, 0.4) is 0 Å². The van der Waals surface area contributed by atoms with Crippen LogP contribution in [0, 0.1) is 0 Å². The quantitative estimate of drug-likeness (QED) is 0.755. The van der Waals surface area contributed by atoms with Crippen LogP contribution in [0.15, 0.2) is 24.3 Å². The number of amides is 4. The summed E-state index contributed by atoms with van der Waals surface area (Å²) >= 11 is 5.73. The molecule has 1 aromatic carbocycles. The number of hydrogen-bond donors (Lipinski definition) is 2. The van der Waals surface area contributed by atoms with Gasteiger partial charge in [-0.25, -0.2) is 9.80 Å². The molecule has 0 aliphatic carbocycles. The van der Waals surface area contributed by atoms with Crippen LogP contribution < -0.4 is 10.7 Å². The fourth-order valence-electron chi connectivity index (χ4n) is 1.35. The summed E-state index contributed by atoms with van der Waals surface area (Å²) in [5.41, 5.74) is 2.62. The van der Waals surface area contributed by atoms with Crippen LogP contribution in [0.2, 0.25) is 5.02 Å². The third-order valence-corrected chi connectivity index (χ3v) is 2.35. The monoisotopic (exact) mass is 253 g/mol. The van der Waals surface area contributed by atoms with Crippen LogP contribution >= 0.6 is 11.6 Å². The molecule has 1 saturated heterocycles. The minimum atomic E-state index is -0.648. The number of nitrogens with one attached hydrogen (secondary N) is 2. The molecule has 6 nitrogen and oxygen atoms in total. The summed E-state index contributed by atoms with van der Waals surface area (Å²) < 4.78 is 0. The molecule has 0 radical (unpaired) electrons. The van der Waals surface area contributed by atoms with Gasteiger partial charge in [-0.1, -0.05) is 17.7 Å². The molecule has 2 N–H and O–H groups in total. The molecule has 1 aliphatic rings. The maximum absolute atomic E-state index is 11.7. The van der Waals surface area contributed by atoms with Crippen molar-refractivity contribution in [3.8, 4) is 0 Å². The Labute approximate surface area is 102 Å². The molecule has 1 aromatic rings. The fraction of sp³-hybridized carbons (Fsp3) is 0.100. The molecular formula is C10H8ClN3O3. The van der Waals surface area contributed by atoms with E-state index in [1.165, 1.54) is 6.07 Å². The zero-order chi connectivity index (χ0) is 12.4. The van der Waals surface area contributed by atoms with Crippen molar-refractivity contribution in [2.24, 2.45) is 0 Å². The second-order valence-corrected chi connectivity index (χ2v) is 3.83. The molecule has 1 fully saturated rings. The van der Waals surface area contributed by atoms with Crippen LogP contribution in [0.25, 0.3) is 0 Å². The average Bonchev–Trinajstić information content (AvgIpc) is 2.57. The number of imide groups is 1. The normalized spacial score (nSPS) is 14.8. The largest absolute Gasteiger partial charge is 0.343 e. The van der Waals surface area contributed by atoms with Crippen molar-refractivity contribution in [3.63, 3.8) is 0 Å². The summed E-state index contributed by atoms with van der Waals surface area (Å²) in [5.74, 6) is -0.959. The lowest BCUT2D eigenvalue weighted by atomic mass is 10.2. The Bertz CT molecular complexity index is 503. The van der Waals surface area contributed by atoms with Gasteiger partial charge in [-0.2, -0.15) is 0 Å². The van der Waals surface area contributed by atoms with Gasteiger partial charge in [-0.3, -0.25) is 20.3 Å². The molecule has 88 valence electrons. The van der Waals surface area contributed by atoms with Gasteiger partial charge in [0.2, 0.25) is 5.91 Å². The average molecular weight is 254 g/mol. The van der Waals surface area contributed by atoms with E-state index in [0.717, 1.165) is 5.01 Å². The van der Waals surface area contributed by atoms with Gasteiger partial charge in [-0.15, -0.1) is 0 Å². The first-order valence-electron chi connectivity index (χ1n) is 4.74. The molecule has 0 spiro atoms. The molecule has 1 aliphatic heterocycles. The zero-order valence-electron chi connectivity index (χ0n) is 8.57. The lowest BCUT2D eigenvalue weighted by Crippen LogP contribution is -2.44. The van der Waals surface area contributed by atoms with E-state index in [2.05, 4.69) is 5.43 Å². The van der Waals surface area contributed by atoms with Gasteiger partial charge in [0.1, 0.15) is 6.54 Å². The van der Waals surface area contributed by atoms with Gasteiger partial charge in [-0.05, 0) is 18.2 Å². The fourth-order valence-corrected chi connectivity index (χ4v) is 1.54. The summed E-state index contributed by atoms with van der Waals surface area (Å²) in [7, 11) is 0. The maximum atomic E-state index is 11.7. The Kier molecular flexibility index (Phi) is 2.97. The number of urea groups is 1. The van der Waals surface area contributed by atoms with Gasteiger partial charge in [0, 0.05) is 10.6 Å². The van der Waals surface area contributed by atoms with Crippen LogP contribution in [-0.2, 0) is 4.79 Å². The summed E-state index contributed by atoms with van der Waals surface area (Å²) in [6.45, 7) is -0.189. The predicted molar refractivity (Wildman–Crippen MR) is 59.2 cm³/mol.